The molecule has 3 heterocycles. The summed E-state index contributed by atoms with van der Waals surface area (Å²) < 4.78 is 27.5. The van der Waals surface area contributed by atoms with Crippen molar-refractivity contribution < 1.29 is 13.2 Å². The Labute approximate surface area is 156 Å². The van der Waals surface area contributed by atoms with Crippen molar-refractivity contribution in [3.8, 4) is 0 Å². The summed E-state index contributed by atoms with van der Waals surface area (Å²) in [5, 5.41) is 3.68. The van der Waals surface area contributed by atoms with Crippen molar-refractivity contribution in [2.45, 2.75) is 18.6 Å². The average molecular weight is 382 g/mol. The highest BCUT2D eigenvalue weighted by Gasteiger charge is 2.22. The predicted molar refractivity (Wildman–Crippen MR) is 104 cm³/mol. The molecule has 0 atom stereocenters. The number of imidazole rings is 1. The van der Waals surface area contributed by atoms with Crippen LogP contribution in [0.1, 0.15) is 17.4 Å². The lowest BCUT2D eigenvalue weighted by molar-refractivity contribution is 0.102. The molecule has 8 heteroatoms. The number of nitrogens with one attached hydrogen (secondary N) is 1. The van der Waals surface area contributed by atoms with E-state index in [1.165, 1.54) is 4.40 Å². The number of aryl methyl sites for hydroxylation is 1. The van der Waals surface area contributed by atoms with Crippen LogP contribution in [0, 0.1) is 0 Å². The Morgan fingerprint density at radius 1 is 1.11 bits per heavy atom. The van der Waals surface area contributed by atoms with Crippen molar-refractivity contribution >= 4 is 37.9 Å². The minimum atomic E-state index is -3.57. The molecule has 0 radical (unpaired) electrons. The van der Waals surface area contributed by atoms with E-state index in [1.54, 1.807) is 24.4 Å². The maximum absolute atomic E-state index is 12.8. The first kappa shape index (κ1) is 17.3. The number of aromatic nitrogens is 3. The molecule has 0 bridgehead atoms. The van der Waals surface area contributed by atoms with E-state index in [9.17, 15) is 13.2 Å². The summed E-state index contributed by atoms with van der Waals surface area (Å²) in [6.07, 6.45) is 4.65. The number of pyridine rings is 1. The van der Waals surface area contributed by atoms with Gasteiger partial charge in [0.2, 0.25) is 15.0 Å². The highest BCUT2D eigenvalue weighted by atomic mass is 32.2. The van der Waals surface area contributed by atoms with E-state index < -0.39 is 15.7 Å². The zero-order valence-corrected chi connectivity index (χ0v) is 15.7. The Morgan fingerprint density at radius 2 is 1.93 bits per heavy atom. The molecule has 0 fully saturated rings. The van der Waals surface area contributed by atoms with Gasteiger partial charge < -0.3 is 9.88 Å². The quantitative estimate of drug-likeness (QED) is 0.588. The van der Waals surface area contributed by atoms with Crippen molar-refractivity contribution in [1.29, 1.82) is 0 Å². The molecule has 1 amide bonds. The molecule has 0 saturated heterocycles. The molecule has 4 aromatic rings. The lowest BCUT2D eigenvalue weighted by Gasteiger charge is -2.05. The number of sulfone groups is 1. The third-order valence-electron chi connectivity index (χ3n) is 4.43. The third-order valence-corrected chi connectivity index (χ3v) is 5.38. The number of carbonyl (C=O) groups excluding carboxylic acids is 1. The molecule has 138 valence electrons. The number of carbonyl (C=O) groups is 1. The zero-order valence-electron chi connectivity index (χ0n) is 14.9. The van der Waals surface area contributed by atoms with Gasteiger partial charge in [0.1, 0.15) is 0 Å². The van der Waals surface area contributed by atoms with Gasteiger partial charge in [0.15, 0.2) is 5.69 Å². The second-order valence-corrected chi connectivity index (χ2v) is 8.21. The van der Waals surface area contributed by atoms with Crippen LogP contribution in [0.5, 0.6) is 0 Å². The van der Waals surface area contributed by atoms with Crippen molar-refractivity contribution in [2.24, 2.45) is 0 Å². The summed E-state index contributed by atoms with van der Waals surface area (Å²) in [5.74, 6) is -0.456. The summed E-state index contributed by atoms with van der Waals surface area (Å²) in [5.41, 5.74) is 2.22. The number of hydrogen-bond acceptors (Lipinski definition) is 4. The summed E-state index contributed by atoms with van der Waals surface area (Å²) in [6, 6.07) is 12.7. The summed E-state index contributed by atoms with van der Waals surface area (Å²) in [7, 11) is -3.57. The number of benzene rings is 1. The zero-order chi connectivity index (χ0) is 19.2. The first-order chi connectivity index (χ1) is 12.9. The molecule has 27 heavy (non-hydrogen) atoms. The smallest absolute Gasteiger partial charge is 0.276 e. The van der Waals surface area contributed by atoms with Gasteiger partial charge >= 0.3 is 0 Å². The number of fused-ring (bicyclic) bond motifs is 2. The molecule has 0 aliphatic rings. The van der Waals surface area contributed by atoms with Crippen LogP contribution in [0.15, 0.2) is 60.0 Å². The van der Waals surface area contributed by atoms with Crippen LogP contribution < -0.4 is 5.32 Å². The number of amides is 1. The summed E-state index contributed by atoms with van der Waals surface area (Å²) in [6.45, 7) is 2.93. The van der Waals surface area contributed by atoms with E-state index in [1.807, 2.05) is 30.5 Å². The minimum absolute atomic E-state index is 0.0715. The number of rotatable bonds is 4. The largest absolute Gasteiger partial charge is 0.348 e. The Bertz CT molecular complexity index is 1290. The number of nitrogens with zero attached hydrogens (tertiary/aromatic N) is 3. The van der Waals surface area contributed by atoms with Gasteiger partial charge in [-0.1, -0.05) is 6.07 Å². The highest BCUT2D eigenvalue weighted by Crippen LogP contribution is 2.22. The molecule has 1 N–H and O–H groups in total. The van der Waals surface area contributed by atoms with Crippen LogP contribution in [0.2, 0.25) is 0 Å². The first-order valence-electron chi connectivity index (χ1n) is 8.46. The van der Waals surface area contributed by atoms with Gasteiger partial charge in [0.25, 0.3) is 5.91 Å². The Kier molecular flexibility index (Phi) is 4.00. The molecule has 1 aromatic carbocycles. The van der Waals surface area contributed by atoms with Crippen LogP contribution in [0.25, 0.3) is 16.4 Å². The average Bonchev–Trinajstić information content (AvgIpc) is 3.22. The SMILES string of the molecule is CCn1ccc2cc(NC(=O)c3nc(S(C)(=O)=O)n4ccccc34)ccc21. The van der Waals surface area contributed by atoms with Gasteiger partial charge in [0.05, 0.1) is 5.52 Å². The predicted octanol–water partition coefficient (Wildman–Crippen LogP) is 2.96. The van der Waals surface area contributed by atoms with Gasteiger partial charge in [-0.2, -0.15) is 0 Å². The van der Waals surface area contributed by atoms with E-state index in [0.29, 0.717) is 11.2 Å². The van der Waals surface area contributed by atoms with E-state index in [2.05, 4.69) is 21.8 Å². The molecular weight excluding hydrogens is 364 g/mol. The number of hydrogen-bond donors (Lipinski definition) is 1. The first-order valence-corrected chi connectivity index (χ1v) is 10.3. The van der Waals surface area contributed by atoms with Gasteiger partial charge in [-0.3, -0.25) is 9.20 Å². The maximum Gasteiger partial charge on any atom is 0.276 e. The monoisotopic (exact) mass is 382 g/mol. The Morgan fingerprint density at radius 3 is 2.67 bits per heavy atom. The third kappa shape index (κ3) is 2.97. The fourth-order valence-electron chi connectivity index (χ4n) is 3.18. The Balaban J connectivity index is 1.73. The fraction of sp³-hybridized carbons (Fsp3) is 0.158. The molecular formula is C19H18N4O3S. The molecule has 3 aromatic heterocycles. The summed E-state index contributed by atoms with van der Waals surface area (Å²) >= 11 is 0. The Hall–Kier alpha value is -3.13. The van der Waals surface area contributed by atoms with Crippen LogP contribution in [-0.2, 0) is 16.4 Å². The molecule has 0 aliphatic carbocycles. The fourth-order valence-corrected chi connectivity index (χ4v) is 3.96. The van der Waals surface area contributed by atoms with Crippen molar-refractivity contribution in [2.75, 3.05) is 11.6 Å². The molecule has 4 rings (SSSR count). The van der Waals surface area contributed by atoms with Gasteiger partial charge in [0, 0.05) is 41.8 Å². The highest BCUT2D eigenvalue weighted by molar-refractivity contribution is 7.90. The van der Waals surface area contributed by atoms with Crippen LogP contribution in [0.3, 0.4) is 0 Å². The van der Waals surface area contributed by atoms with Gasteiger partial charge in [-0.15, -0.1) is 0 Å². The second kappa shape index (κ2) is 6.24. The molecule has 7 nitrogen and oxygen atoms in total. The van der Waals surface area contributed by atoms with Crippen molar-refractivity contribution in [3.05, 3.63) is 60.6 Å². The number of anilines is 1. The van der Waals surface area contributed by atoms with Crippen LogP contribution in [0.4, 0.5) is 5.69 Å². The van der Waals surface area contributed by atoms with Crippen LogP contribution in [-0.4, -0.2) is 34.5 Å². The topological polar surface area (TPSA) is 85.5 Å². The van der Waals surface area contributed by atoms with Crippen molar-refractivity contribution in [1.82, 2.24) is 14.0 Å². The lowest BCUT2D eigenvalue weighted by Crippen LogP contribution is -2.13. The molecule has 0 aliphatic heterocycles. The second-order valence-electron chi connectivity index (χ2n) is 6.30. The van der Waals surface area contributed by atoms with E-state index in [0.717, 1.165) is 23.7 Å². The maximum atomic E-state index is 12.8. The van der Waals surface area contributed by atoms with Gasteiger partial charge in [-0.05, 0) is 43.3 Å². The normalized spacial score (nSPS) is 11.9. The van der Waals surface area contributed by atoms with Crippen molar-refractivity contribution in [3.63, 3.8) is 0 Å². The lowest BCUT2D eigenvalue weighted by atomic mass is 10.2. The molecule has 0 unspecified atom stereocenters. The van der Waals surface area contributed by atoms with Crippen LogP contribution >= 0.6 is 0 Å². The van der Waals surface area contributed by atoms with E-state index >= 15 is 0 Å². The van der Waals surface area contributed by atoms with E-state index in [4.69, 9.17) is 0 Å². The summed E-state index contributed by atoms with van der Waals surface area (Å²) in [4.78, 5) is 16.9. The molecule has 0 saturated carbocycles. The minimum Gasteiger partial charge on any atom is -0.348 e. The standard InChI is InChI=1S/C19H18N4O3S/c1-3-22-11-9-13-12-14(7-8-15(13)22)20-18(24)17-16-6-4-5-10-23(16)19(21-17)27(2,25)26/h4-12H,3H2,1-2H3,(H,20,24). The van der Waals surface area contributed by atoms with E-state index in [-0.39, 0.29) is 10.9 Å². The molecule has 0 spiro atoms. The van der Waals surface area contributed by atoms with Gasteiger partial charge in [-0.25, -0.2) is 13.4 Å².